The molecule has 1 fully saturated rings. The van der Waals surface area contributed by atoms with Crippen molar-refractivity contribution < 1.29 is 9.72 Å². The van der Waals surface area contributed by atoms with Gasteiger partial charge in [-0.1, -0.05) is 19.3 Å². The number of nitro groups is 1. The number of amides is 1. The van der Waals surface area contributed by atoms with E-state index in [4.69, 9.17) is 5.73 Å². The summed E-state index contributed by atoms with van der Waals surface area (Å²) >= 11 is 0. The normalized spacial score (nSPS) is 17.0. The van der Waals surface area contributed by atoms with Gasteiger partial charge < -0.3 is 25.7 Å². The first-order valence-electron chi connectivity index (χ1n) is 8.19. The number of carbonyl (C=O) groups excluding carboxylic acids is 1. The van der Waals surface area contributed by atoms with E-state index in [0.29, 0.717) is 24.8 Å². The Morgan fingerprint density at radius 2 is 2.22 bits per heavy atom. The zero-order chi connectivity index (χ0) is 16.8. The summed E-state index contributed by atoms with van der Waals surface area (Å²) in [4.78, 5) is 26.2. The van der Waals surface area contributed by atoms with Gasteiger partial charge in [0.1, 0.15) is 6.20 Å². The molecule has 1 saturated carbocycles. The van der Waals surface area contributed by atoms with Crippen LogP contribution in [0.25, 0.3) is 0 Å². The van der Waals surface area contributed by atoms with Gasteiger partial charge >= 0.3 is 5.82 Å². The fraction of sp³-hybridized carbons (Fsp3) is 0.733. The predicted molar refractivity (Wildman–Crippen MR) is 85.8 cm³/mol. The standard InChI is InChI=1S/C15H25N5O3/c1-11-17-14(20(22)23)10-19(11)8-7-15(21)18-13(9-16)12-5-3-2-4-6-12/h10,12-13H,2-9,16H2,1H3,(H,18,21). The lowest BCUT2D eigenvalue weighted by molar-refractivity contribution is -0.389. The average Bonchev–Trinajstić information content (AvgIpc) is 2.93. The summed E-state index contributed by atoms with van der Waals surface area (Å²) in [6.45, 7) is 2.52. The Morgan fingerprint density at radius 3 is 2.78 bits per heavy atom. The van der Waals surface area contributed by atoms with Crippen LogP contribution in [0.15, 0.2) is 6.20 Å². The van der Waals surface area contributed by atoms with Crippen LogP contribution in [0.2, 0.25) is 0 Å². The third kappa shape index (κ3) is 4.75. The molecule has 2 rings (SSSR count). The smallest absolute Gasteiger partial charge is 0.358 e. The molecule has 0 spiro atoms. The maximum Gasteiger partial charge on any atom is 0.381 e. The Hall–Kier alpha value is -1.96. The van der Waals surface area contributed by atoms with Gasteiger partial charge in [-0.15, -0.1) is 0 Å². The second-order valence-electron chi connectivity index (χ2n) is 6.15. The minimum Gasteiger partial charge on any atom is -0.358 e. The minimum atomic E-state index is -0.531. The second kappa shape index (κ2) is 8.05. The molecular formula is C15H25N5O3. The number of rotatable bonds is 7. The number of aryl methyl sites for hydroxylation is 2. The van der Waals surface area contributed by atoms with Crippen molar-refractivity contribution in [3.63, 3.8) is 0 Å². The number of hydrogen-bond donors (Lipinski definition) is 2. The topological polar surface area (TPSA) is 116 Å². The van der Waals surface area contributed by atoms with E-state index in [-0.39, 0.29) is 24.2 Å². The van der Waals surface area contributed by atoms with Crippen molar-refractivity contribution in [3.8, 4) is 0 Å². The average molecular weight is 323 g/mol. The van der Waals surface area contributed by atoms with E-state index >= 15 is 0 Å². The number of nitrogens with one attached hydrogen (secondary N) is 1. The first kappa shape index (κ1) is 17.4. The van der Waals surface area contributed by atoms with Gasteiger partial charge in [0.15, 0.2) is 0 Å². The number of aromatic nitrogens is 2. The van der Waals surface area contributed by atoms with Crippen LogP contribution < -0.4 is 11.1 Å². The lowest BCUT2D eigenvalue weighted by Crippen LogP contribution is -2.46. The van der Waals surface area contributed by atoms with Crippen molar-refractivity contribution >= 4 is 11.7 Å². The predicted octanol–water partition coefficient (Wildman–Crippen LogP) is 1.51. The van der Waals surface area contributed by atoms with Gasteiger partial charge in [0.25, 0.3) is 0 Å². The number of carbonyl (C=O) groups is 1. The summed E-state index contributed by atoms with van der Waals surface area (Å²) in [6, 6.07) is 0.0287. The van der Waals surface area contributed by atoms with E-state index in [1.165, 1.54) is 25.5 Å². The maximum atomic E-state index is 12.1. The van der Waals surface area contributed by atoms with Crippen LogP contribution in [0.4, 0.5) is 5.82 Å². The molecular weight excluding hydrogens is 298 g/mol. The fourth-order valence-electron chi connectivity index (χ4n) is 3.21. The Morgan fingerprint density at radius 1 is 1.52 bits per heavy atom. The third-order valence-corrected chi connectivity index (χ3v) is 4.55. The van der Waals surface area contributed by atoms with Crippen LogP contribution in [0, 0.1) is 23.0 Å². The fourth-order valence-corrected chi connectivity index (χ4v) is 3.21. The van der Waals surface area contributed by atoms with Gasteiger partial charge in [-0.3, -0.25) is 4.79 Å². The molecule has 8 nitrogen and oxygen atoms in total. The second-order valence-corrected chi connectivity index (χ2v) is 6.15. The third-order valence-electron chi connectivity index (χ3n) is 4.55. The van der Waals surface area contributed by atoms with Crippen molar-refractivity contribution in [2.45, 2.75) is 58.0 Å². The van der Waals surface area contributed by atoms with E-state index in [0.717, 1.165) is 12.8 Å². The molecule has 1 unspecified atom stereocenters. The molecule has 1 amide bonds. The van der Waals surface area contributed by atoms with Crippen molar-refractivity contribution in [1.29, 1.82) is 0 Å². The lowest BCUT2D eigenvalue weighted by Gasteiger charge is -2.30. The number of imidazole rings is 1. The maximum absolute atomic E-state index is 12.1. The van der Waals surface area contributed by atoms with Crippen molar-refractivity contribution in [2.24, 2.45) is 11.7 Å². The Kier molecular flexibility index (Phi) is 6.09. The van der Waals surface area contributed by atoms with Crippen LogP contribution in [0.3, 0.4) is 0 Å². The molecule has 1 heterocycles. The highest BCUT2D eigenvalue weighted by Crippen LogP contribution is 2.26. The van der Waals surface area contributed by atoms with Crippen LogP contribution in [-0.2, 0) is 11.3 Å². The van der Waals surface area contributed by atoms with Gasteiger partial charge in [-0.25, -0.2) is 0 Å². The number of hydrogen-bond acceptors (Lipinski definition) is 5. The first-order valence-corrected chi connectivity index (χ1v) is 8.19. The van der Waals surface area contributed by atoms with E-state index in [9.17, 15) is 14.9 Å². The van der Waals surface area contributed by atoms with Gasteiger partial charge in [-0.2, -0.15) is 0 Å². The molecule has 0 saturated heterocycles. The zero-order valence-electron chi connectivity index (χ0n) is 13.5. The van der Waals surface area contributed by atoms with Crippen LogP contribution >= 0.6 is 0 Å². The van der Waals surface area contributed by atoms with Gasteiger partial charge in [0.05, 0.1) is 0 Å². The van der Waals surface area contributed by atoms with Crippen molar-refractivity contribution in [3.05, 3.63) is 22.1 Å². The monoisotopic (exact) mass is 323 g/mol. The molecule has 1 aromatic rings. The molecule has 23 heavy (non-hydrogen) atoms. The van der Waals surface area contributed by atoms with Crippen molar-refractivity contribution in [1.82, 2.24) is 14.9 Å². The molecule has 0 aromatic carbocycles. The summed E-state index contributed by atoms with van der Waals surface area (Å²) in [7, 11) is 0. The molecule has 3 N–H and O–H groups in total. The van der Waals surface area contributed by atoms with Crippen LogP contribution in [0.1, 0.15) is 44.3 Å². The lowest BCUT2D eigenvalue weighted by atomic mass is 9.84. The molecule has 128 valence electrons. The Bertz CT molecular complexity index is 551. The largest absolute Gasteiger partial charge is 0.381 e. The summed E-state index contributed by atoms with van der Waals surface area (Å²) in [5.41, 5.74) is 5.82. The van der Waals surface area contributed by atoms with Crippen LogP contribution in [-0.4, -0.2) is 33.0 Å². The minimum absolute atomic E-state index is 0.0287. The molecule has 0 radical (unpaired) electrons. The van der Waals surface area contributed by atoms with Gasteiger partial charge in [0.2, 0.25) is 11.7 Å². The molecule has 8 heteroatoms. The molecule has 0 bridgehead atoms. The highest BCUT2D eigenvalue weighted by Gasteiger charge is 2.24. The van der Waals surface area contributed by atoms with Gasteiger partial charge in [-0.05, 0) is 28.7 Å². The zero-order valence-corrected chi connectivity index (χ0v) is 13.5. The van der Waals surface area contributed by atoms with E-state index in [2.05, 4.69) is 10.3 Å². The molecule has 1 atom stereocenters. The summed E-state index contributed by atoms with van der Waals surface area (Å²) in [6.07, 6.45) is 7.54. The summed E-state index contributed by atoms with van der Waals surface area (Å²) < 4.78 is 1.63. The van der Waals surface area contributed by atoms with E-state index in [1.54, 1.807) is 11.5 Å². The molecule has 0 aliphatic heterocycles. The SMILES string of the molecule is Cc1nc([N+](=O)[O-])cn1CCC(=O)NC(CN)C1CCCCC1. The quantitative estimate of drug-likeness (QED) is 0.583. The van der Waals surface area contributed by atoms with Crippen molar-refractivity contribution in [2.75, 3.05) is 6.54 Å². The Labute approximate surface area is 135 Å². The summed E-state index contributed by atoms with van der Waals surface area (Å²) in [5.74, 6) is 0.743. The highest BCUT2D eigenvalue weighted by atomic mass is 16.6. The van der Waals surface area contributed by atoms with E-state index in [1.807, 2.05) is 0 Å². The molecule has 1 aromatic heterocycles. The number of nitrogens with two attached hydrogens (primary N) is 1. The molecule has 1 aliphatic carbocycles. The summed E-state index contributed by atoms with van der Waals surface area (Å²) in [5, 5.41) is 13.7. The Balaban J connectivity index is 1.85. The van der Waals surface area contributed by atoms with E-state index < -0.39 is 4.92 Å². The molecule has 1 aliphatic rings. The first-order chi connectivity index (χ1) is 11.0. The highest BCUT2D eigenvalue weighted by molar-refractivity contribution is 5.76. The van der Waals surface area contributed by atoms with Crippen LogP contribution in [0.5, 0.6) is 0 Å². The number of nitrogens with zero attached hydrogens (tertiary/aromatic N) is 3. The van der Waals surface area contributed by atoms with Gasteiger partial charge in [0, 0.05) is 32.5 Å².